The normalized spacial score (nSPS) is 24.6. The van der Waals surface area contributed by atoms with Crippen molar-refractivity contribution in [2.24, 2.45) is 11.1 Å². The van der Waals surface area contributed by atoms with E-state index in [0.717, 1.165) is 38.0 Å². The minimum absolute atomic E-state index is 0. The standard InChI is InChI=1S/C15H30N2O2S.ClH/c1-5-15(6-2)12(10-13(15)19-7-3)17-14(18)11(16)8-9-20-4;/h11-13H,5-10,16H2,1-4H3,(H,17,18);1H/t11-,12?,13?;/m0./s1. The Kier molecular flexibility index (Phi) is 9.94. The summed E-state index contributed by atoms with van der Waals surface area (Å²) in [5.41, 5.74) is 6.03. The van der Waals surface area contributed by atoms with Crippen LogP contribution in [0.4, 0.5) is 0 Å². The lowest BCUT2D eigenvalue weighted by atomic mass is 9.58. The molecule has 1 aliphatic carbocycles. The maximum Gasteiger partial charge on any atom is 0.237 e. The van der Waals surface area contributed by atoms with Crippen LogP contribution in [0, 0.1) is 5.41 Å². The molecule has 1 saturated carbocycles. The molecule has 6 heteroatoms. The number of hydrogen-bond donors (Lipinski definition) is 2. The molecule has 126 valence electrons. The van der Waals surface area contributed by atoms with E-state index in [1.54, 1.807) is 11.8 Å². The Labute approximate surface area is 139 Å². The molecule has 1 amide bonds. The van der Waals surface area contributed by atoms with Gasteiger partial charge in [-0.25, -0.2) is 0 Å². The first-order valence-electron chi connectivity index (χ1n) is 7.72. The molecule has 0 aliphatic heterocycles. The van der Waals surface area contributed by atoms with Crippen LogP contribution < -0.4 is 11.1 Å². The number of rotatable bonds is 9. The summed E-state index contributed by atoms with van der Waals surface area (Å²) in [7, 11) is 0. The molecule has 0 aromatic rings. The molecule has 21 heavy (non-hydrogen) atoms. The molecule has 0 heterocycles. The van der Waals surface area contributed by atoms with Crippen LogP contribution in [-0.2, 0) is 9.53 Å². The van der Waals surface area contributed by atoms with Crippen LogP contribution in [0.25, 0.3) is 0 Å². The predicted octanol–water partition coefficient (Wildman–Crippen LogP) is 2.59. The quantitative estimate of drug-likeness (QED) is 0.678. The van der Waals surface area contributed by atoms with Gasteiger partial charge in [0.1, 0.15) is 0 Å². The monoisotopic (exact) mass is 338 g/mol. The van der Waals surface area contributed by atoms with E-state index in [4.69, 9.17) is 10.5 Å². The lowest BCUT2D eigenvalue weighted by molar-refractivity contribution is -0.149. The Bertz CT molecular complexity index is 314. The largest absolute Gasteiger partial charge is 0.378 e. The van der Waals surface area contributed by atoms with Gasteiger partial charge in [-0.1, -0.05) is 13.8 Å². The molecule has 0 radical (unpaired) electrons. The summed E-state index contributed by atoms with van der Waals surface area (Å²) < 4.78 is 5.83. The Morgan fingerprint density at radius 1 is 1.43 bits per heavy atom. The number of thioether (sulfide) groups is 1. The van der Waals surface area contributed by atoms with Gasteiger partial charge in [0, 0.05) is 18.1 Å². The maximum atomic E-state index is 12.2. The number of ether oxygens (including phenoxy) is 1. The molecule has 0 spiro atoms. The molecule has 1 rings (SSSR count). The fourth-order valence-electron chi connectivity index (χ4n) is 3.24. The van der Waals surface area contributed by atoms with Crippen LogP contribution in [-0.4, -0.2) is 42.7 Å². The van der Waals surface area contributed by atoms with Crippen molar-refractivity contribution in [3.05, 3.63) is 0 Å². The fourth-order valence-corrected chi connectivity index (χ4v) is 3.73. The van der Waals surface area contributed by atoms with Gasteiger partial charge in [-0.05, 0) is 44.6 Å². The third-order valence-corrected chi connectivity index (χ3v) is 5.40. The van der Waals surface area contributed by atoms with Gasteiger partial charge in [-0.15, -0.1) is 12.4 Å². The van der Waals surface area contributed by atoms with E-state index in [2.05, 4.69) is 19.2 Å². The zero-order valence-corrected chi connectivity index (χ0v) is 15.3. The van der Waals surface area contributed by atoms with Crippen molar-refractivity contribution in [1.82, 2.24) is 5.32 Å². The molecule has 0 aromatic carbocycles. The van der Waals surface area contributed by atoms with Crippen molar-refractivity contribution in [1.29, 1.82) is 0 Å². The van der Waals surface area contributed by atoms with Crippen LogP contribution in [0.1, 0.15) is 46.5 Å². The average Bonchev–Trinajstić information content (AvgIpc) is 2.44. The molecule has 3 atom stereocenters. The Morgan fingerprint density at radius 3 is 2.52 bits per heavy atom. The number of nitrogens with one attached hydrogen (secondary N) is 1. The average molecular weight is 339 g/mol. The summed E-state index contributed by atoms with van der Waals surface area (Å²) in [6.07, 6.45) is 6.01. The van der Waals surface area contributed by atoms with Crippen LogP contribution in [0.15, 0.2) is 0 Å². The zero-order chi connectivity index (χ0) is 15.2. The predicted molar refractivity (Wildman–Crippen MR) is 93.2 cm³/mol. The lowest BCUT2D eigenvalue weighted by Crippen LogP contribution is -2.65. The van der Waals surface area contributed by atoms with Crippen molar-refractivity contribution < 1.29 is 9.53 Å². The van der Waals surface area contributed by atoms with Gasteiger partial charge in [0.2, 0.25) is 5.91 Å². The van der Waals surface area contributed by atoms with E-state index in [1.165, 1.54) is 0 Å². The van der Waals surface area contributed by atoms with Crippen LogP contribution >= 0.6 is 24.2 Å². The summed E-state index contributed by atoms with van der Waals surface area (Å²) in [4.78, 5) is 12.2. The minimum Gasteiger partial charge on any atom is -0.378 e. The van der Waals surface area contributed by atoms with Crippen molar-refractivity contribution >= 4 is 30.1 Å². The first-order chi connectivity index (χ1) is 9.55. The maximum absolute atomic E-state index is 12.2. The van der Waals surface area contributed by atoms with E-state index in [1.807, 2.05) is 13.2 Å². The van der Waals surface area contributed by atoms with E-state index < -0.39 is 0 Å². The van der Waals surface area contributed by atoms with Gasteiger partial charge in [0.05, 0.1) is 12.1 Å². The van der Waals surface area contributed by atoms with Gasteiger partial charge in [-0.2, -0.15) is 11.8 Å². The number of halogens is 1. The summed E-state index contributed by atoms with van der Waals surface area (Å²) in [5.74, 6) is 0.915. The second-order valence-corrected chi connectivity index (χ2v) is 6.55. The highest BCUT2D eigenvalue weighted by Crippen LogP contribution is 2.48. The second-order valence-electron chi connectivity index (χ2n) is 5.57. The van der Waals surface area contributed by atoms with Gasteiger partial charge in [0.15, 0.2) is 0 Å². The van der Waals surface area contributed by atoms with E-state index in [0.29, 0.717) is 0 Å². The van der Waals surface area contributed by atoms with Gasteiger partial charge >= 0.3 is 0 Å². The topological polar surface area (TPSA) is 64.3 Å². The molecule has 4 nitrogen and oxygen atoms in total. The molecule has 3 N–H and O–H groups in total. The second kappa shape index (κ2) is 9.93. The Balaban J connectivity index is 0.00000400. The molecule has 2 unspecified atom stereocenters. The molecule has 0 aromatic heterocycles. The molecule has 0 saturated heterocycles. The van der Waals surface area contributed by atoms with Gasteiger partial charge in [0.25, 0.3) is 0 Å². The van der Waals surface area contributed by atoms with Crippen LogP contribution in [0.2, 0.25) is 0 Å². The SMILES string of the molecule is CCOC1CC(NC(=O)[C@@H](N)CCSC)C1(CC)CC.Cl. The van der Waals surface area contributed by atoms with E-state index >= 15 is 0 Å². The lowest BCUT2D eigenvalue weighted by Gasteiger charge is -2.55. The minimum atomic E-state index is -0.389. The Morgan fingerprint density at radius 2 is 2.05 bits per heavy atom. The summed E-state index contributed by atoms with van der Waals surface area (Å²) in [6, 6.07) is -0.179. The van der Waals surface area contributed by atoms with Crippen LogP contribution in [0.3, 0.4) is 0 Å². The molecule has 1 aliphatic rings. The Hall–Kier alpha value is 0.0300. The zero-order valence-electron chi connectivity index (χ0n) is 13.7. The first kappa shape index (κ1) is 21.0. The highest BCUT2D eigenvalue weighted by atomic mass is 35.5. The van der Waals surface area contributed by atoms with Gasteiger partial charge in [-0.3, -0.25) is 4.79 Å². The van der Waals surface area contributed by atoms with Crippen molar-refractivity contribution in [3.63, 3.8) is 0 Å². The summed E-state index contributed by atoms with van der Waals surface area (Å²) >= 11 is 1.72. The van der Waals surface area contributed by atoms with Crippen LogP contribution in [0.5, 0.6) is 0 Å². The molecular formula is C15H31ClN2O2S. The number of nitrogens with two attached hydrogens (primary N) is 1. The highest BCUT2D eigenvalue weighted by Gasteiger charge is 2.53. The smallest absolute Gasteiger partial charge is 0.237 e. The highest BCUT2D eigenvalue weighted by molar-refractivity contribution is 7.98. The molecular weight excluding hydrogens is 308 g/mol. The van der Waals surface area contributed by atoms with Crippen molar-refractivity contribution in [3.8, 4) is 0 Å². The van der Waals surface area contributed by atoms with Gasteiger partial charge < -0.3 is 15.8 Å². The third-order valence-electron chi connectivity index (χ3n) is 4.76. The number of carbonyl (C=O) groups is 1. The van der Waals surface area contributed by atoms with Crippen molar-refractivity contribution in [2.75, 3.05) is 18.6 Å². The number of amides is 1. The van der Waals surface area contributed by atoms with Crippen molar-refractivity contribution in [2.45, 2.75) is 64.6 Å². The first-order valence-corrected chi connectivity index (χ1v) is 9.11. The summed E-state index contributed by atoms with van der Waals surface area (Å²) in [5, 5.41) is 3.15. The van der Waals surface area contributed by atoms with E-state index in [9.17, 15) is 4.79 Å². The van der Waals surface area contributed by atoms with E-state index in [-0.39, 0.29) is 41.9 Å². The molecule has 1 fully saturated rings. The summed E-state index contributed by atoms with van der Waals surface area (Å²) in [6.45, 7) is 7.13. The number of hydrogen-bond acceptors (Lipinski definition) is 4. The fraction of sp³-hybridized carbons (Fsp3) is 0.933. The molecule has 0 bridgehead atoms. The third kappa shape index (κ3) is 4.75. The number of carbonyl (C=O) groups excluding carboxylic acids is 1.